The summed E-state index contributed by atoms with van der Waals surface area (Å²) in [7, 11) is 0. The van der Waals surface area contributed by atoms with Gasteiger partial charge in [0.15, 0.2) is 6.29 Å². The predicted octanol–water partition coefficient (Wildman–Crippen LogP) is 4.35. The molecule has 0 aliphatic rings. The highest BCUT2D eigenvalue weighted by molar-refractivity contribution is 9.11. The number of hydrogen-bond donors (Lipinski definition) is 0. The Kier molecular flexibility index (Phi) is 3.42. The number of halogens is 2. The van der Waals surface area contributed by atoms with Crippen LogP contribution in [0.1, 0.15) is 15.4 Å². The Morgan fingerprint density at radius 3 is 2.81 bits per heavy atom. The number of thiazole rings is 1. The number of aromatic nitrogens is 1. The molecule has 2 nitrogen and oxygen atoms in total. The van der Waals surface area contributed by atoms with Crippen molar-refractivity contribution >= 4 is 45.2 Å². The Labute approximate surface area is 110 Å². The van der Waals surface area contributed by atoms with Crippen LogP contribution in [0.15, 0.2) is 22.0 Å². The fourth-order valence-corrected chi connectivity index (χ4v) is 3.23. The van der Waals surface area contributed by atoms with Gasteiger partial charge in [0.2, 0.25) is 0 Å². The quantitative estimate of drug-likeness (QED) is 0.771. The highest BCUT2D eigenvalue weighted by Gasteiger charge is 2.13. The standard InChI is InChI=1S/C11H7BrClNOS/c1-6-14-10(11(12)16-6)9-4-8(13)3-2-7(9)5-15/h2-5H,1H3. The minimum atomic E-state index is 0.593. The minimum absolute atomic E-state index is 0.593. The van der Waals surface area contributed by atoms with Gasteiger partial charge in [-0.25, -0.2) is 4.98 Å². The molecule has 0 aliphatic heterocycles. The van der Waals surface area contributed by atoms with E-state index in [0.717, 1.165) is 26.3 Å². The van der Waals surface area contributed by atoms with E-state index in [-0.39, 0.29) is 0 Å². The Hall–Kier alpha value is -0.710. The lowest BCUT2D eigenvalue weighted by Gasteiger charge is -2.02. The van der Waals surface area contributed by atoms with Crippen molar-refractivity contribution in [3.8, 4) is 11.3 Å². The van der Waals surface area contributed by atoms with E-state index in [1.54, 1.807) is 18.2 Å². The van der Waals surface area contributed by atoms with Gasteiger partial charge in [0, 0.05) is 16.1 Å². The van der Waals surface area contributed by atoms with E-state index in [1.165, 1.54) is 11.3 Å². The summed E-state index contributed by atoms with van der Waals surface area (Å²) in [5.41, 5.74) is 2.13. The van der Waals surface area contributed by atoms with Gasteiger partial charge < -0.3 is 0 Å². The fraction of sp³-hybridized carbons (Fsp3) is 0.0909. The summed E-state index contributed by atoms with van der Waals surface area (Å²) < 4.78 is 0.912. The number of carbonyl (C=O) groups is 1. The Bertz CT molecular complexity index is 553. The molecule has 0 atom stereocenters. The van der Waals surface area contributed by atoms with Gasteiger partial charge in [0.1, 0.15) is 0 Å². The summed E-state index contributed by atoms with van der Waals surface area (Å²) in [6.45, 7) is 1.92. The normalized spacial score (nSPS) is 10.4. The van der Waals surface area contributed by atoms with Gasteiger partial charge >= 0.3 is 0 Å². The van der Waals surface area contributed by atoms with Crippen LogP contribution in [-0.4, -0.2) is 11.3 Å². The molecule has 0 amide bonds. The molecule has 0 spiro atoms. The zero-order valence-electron chi connectivity index (χ0n) is 8.33. The van der Waals surface area contributed by atoms with Crippen molar-refractivity contribution in [2.45, 2.75) is 6.92 Å². The molecule has 0 saturated carbocycles. The number of rotatable bonds is 2. The second kappa shape index (κ2) is 4.65. The Balaban J connectivity index is 2.66. The molecule has 16 heavy (non-hydrogen) atoms. The molecule has 1 aromatic carbocycles. The molecule has 5 heteroatoms. The minimum Gasteiger partial charge on any atom is -0.298 e. The van der Waals surface area contributed by atoms with Crippen molar-refractivity contribution in [3.63, 3.8) is 0 Å². The average Bonchev–Trinajstić information content (AvgIpc) is 2.57. The number of carbonyl (C=O) groups excluding carboxylic acids is 1. The topological polar surface area (TPSA) is 30.0 Å². The second-order valence-electron chi connectivity index (χ2n) is 3.20. The molecule has 1 heterocycles. The maximum absolute atomic E-state index is 10.9. The van der Waals surface area contributed by atoms with Crippen LogP contribution in [0.25, 0.3) is 11.3 Å². The van der Waals surface area contributed by atoms with Crippen LogP contribution in [0.4, 0.5) is 0 Å². The Morgan fingerprint density at radius 1 is 1.50 bits per heavy atom. The van der Waals surface area contributed by atoms with Crippen LogP contribution >= 0.6 is 38.9 Å². The van der Waals surface area contributed by atoms with Gasteiger partial charge in [0.05, 0.1) is 14.5 Å². The number of aryl methyl sites for hydroxylation is 1. The van der Waals surface area contributed by atoms with Gasteiger partial charge in [0.25, 0.3) is 0 Å². The molecular formula is C11H7BrClNOS. The maximum Gasteiger partial charge on any atom is 0.150 e. The van der Waals surface area contributed by atoms with E-state index in [9.17, 15) is 4.79 Å². The zero-order chi connectivity index (χ0) is 11.7. The van der Waals surface area contributed by atoms with Gasteiger partial charge in [-0.2, -0.15) is 0 Å². The van der Waals surface area contributed by atoms with Gasteiger partial charge in [-0.3, -0.25) is 4.79 Å². The summed E-state index contributed by atoms with van der Waals surface area (Å²) in [5, 5.41) is 1.54. The molecule has 0 radical (unpaired) electrons. The van der Waals surface area contributed by atoms with E-state index < -0.39 is 0 Å². The molecule has 0 unspecified atom stereocenters. The largest absolute Gasteiger partial charge is 0.298 e. The molecule has 0 aliphatic carbocycles. The van der Waals surface area contributed by atoms with Gasteiger partial charge in [-0.15, -0.1) is 11.3 Å². The zero-order valence-corrected chi connectivity index (χ0v) is 11.5. The smallest absolute Gasteiger partial charge is 0.150 e. The lowest BCUT2D eigenvalue weighted by Crippen LogP contribution is -1.88. The number of benzene rings is 1. The summed E-state index contributed by atoms with van der Waals surface area (Å²) in [6, 6.07) is 5.15. The van der Waals surface area contributed by atoms with Crippen LogP contribution in [0.3, 0.4) is 0 Å². The van der Waals surface area contributed by atoms with Crippen LogP contribution in [-0.2, 0) is 0 Å². The molecular weight excluding hydrogens is 310 g/mol. The third kappa shape index (κ3) is 2.19. The fourth-order valence-electron chi connectivity index (χ4n) is 1.40. The van der Waals surface area contributed by atoms with Crippen molar-refractivity contribution in [2.75, 3.05) is 0 Å². The van der Waals surface area contributed by atoms with Crippen molar-refractivity contribution in [3.05, 3.63) is 37.6 Å². The van der Waals surface area contributed by atoms with E-state index >= 15 is 0 Å². The average molecular weight is 317 g/mol. The maximum atomic E-state index is 10.9. The van der Waals surface area contributed by atoms with Crippen LogP contribution in [0.5, 0.6) is 0 Å². The van der Waals surface area contributed by atoms with Gasteiger partial charge in [-0.1, -0.05) is 11.6 Å². The highest BCUT2D eigenvalue weighted by Crippen LogP contribution is 2.35. The summed E-state index contributed by atoms with van der Waals surface area (Å²) >= 11 is 10.9. The Morgan fingerprint density at radius 2 is 2.25 bits per heavy atom. The molecule has 1 aromatic heterocycles. The first kappa shape index (κ1) is 11.8. The first-order chi connectivity index (χ1) is 7.61. The van der Waals surface area contributed by atoms with Gasteiger partial charge in [-0.05, 0) is 41.1 Å². The third-order valence-electron chi connectivity index (χ3n) is 2.09. The summed E-state index contributed by atoms with van der Waals surface area (Å²) in [5.74, 6) is 0. The molecule has 0 saturated heterocycles. The van der Waals surface area contributed by atoms with Crippen molar-refractivity contribution in [2.24, 2.45) is 0 Å². The molecule has 2 aromatic rings. The molecule has 82 valence electrons. The molecule has 0 fully saturated rings. The van der Waals surface area contributed by atoms with Crippen molar-refractivity contribution in [1.29, 1.82) is 0 Å². The SMILES string of the molecule is Cc1nc(-c2cc(Cl)ccc2C=O)c(Br)s1. The van der Waals surface area contributed by atoms with E-state index in [2.05, 4.69) is 20.9 Å². The molecule has 0 N–H and O–H groups in total. The highest BCUT2D eigenvalue weighted by atomic mass is 79.9. The van der Waals surface area contributed by atoms with Crippen LogP contribution in [0.2, 0.25) is 5.02 Å². The molecule has 2 rings (SSSR count). The van der Waals surface area contributed by atoms with Crippen LogP contribution in [0, 0.1) is 6.92 Å². The number of nitrogens with zero attached hydrogens (tertiary/aromatic N) is 1. The number of hydrogen-bond acceptors (Lipinski definition) is 3. The molecule has 0 bridgehead atoms. The lowest BCUT2D eigenvalue weighted by molar-refractivity contribution is 0.112. The summed E-state index contributed by atoms with van der Waals surface area (Å²) in [6.07, 6.45) is 0.812. The van der Waals surface area contributed by atoms with E-state index in [0.29, 0.717) is 10.6 Å². The monoisotopic (exact) mass is 315 g/mol. The second-order valence-corrected chi connectivity index (χ2v) is 6.16. The first-order valence-corrected chi connectivity index (χ1v) is 6.48. The van der Waals surface area contributed by atoms with Crippen LogP contribution < -0.4 is 0 Å². The predicted molar refractivity (Wildman–Crippen MR) is 70.4 cm³/mol. The lowest BCUT2D eigenvalue weighted by atomic mass is 10.1. The van der Waals surface area contributed by atoms with Crippen molar-refractivity contribution < 1.29 is 4.79 Å². The third-order valence-corrected chi connectivity index (χ3v) is 3.95. The van der Waals surface area contributed by atoms with E-state index in [1.807, 2.05) is 6.92 Å². The van der Waals surface area contributed by atoms with E-state index in [4.69, 9.17) is 11.6 Å². The number of aldehydes is 1. The van der Waals surface area contributed by atoms with Crippen molar-refractivity contribution in [1.82, 2.24) is 4.98 Å². The first-order valence-electron chi connectivity index (χ1n) is 4.50. The summed E-state index contributed by atoms with van der Waals surface area (Å²) in [4.78, 5) is 15.3.